The lowest BCUT2D eigenvalue weighted by Crippen LogP contribution is -2.05. The van der Waals surface area contributed by atoms with Crippen LogP contribution in [0.2, 0.25) is 0 Å². The Morgan fingerprint density at radius 1 is 1.06 bits per heavy atom. The first-order valence-corrected chi connectivity index (χ1v) is 5.78. The maximum atomic E-state index is 11.5. The molecule has 0 aliphatic rings. The molecule has 4 heteroatoms. The summed E-state index contributed by atoms with van der Waals surface area (Å²) in [5.41, 5.74) is 0.961. The number of benzene rings is 1. The molecule has 0 bridgehead atoms. The molecular weight excluding hydrogens is 232 g/mol. The Labute approximate surface area is 107 Å². The van der Waals surface area contributed by atoms with E-state index in [0.29, 0.717) is 24.3 Å². The smallest absolute Gasteiger partial charge is 0.140 e. The molecule has 0 aliphatic heterocycles. The number of hydrogen-bond acceptors (Lipinski definition) is 4. The van der Waals surface area contributed by atoms with Gasteiger partial charge in [-0.3, -0.25) is 9.59 Å². The van der Waals surface area contributed by atoms with Gasteiger partial charge in [0.15, 0.2) is 0 Å². The van der Waals surface area contributed by atoms with Gasteiger partial charge >= 0.3 is 0 Å². The average molecular weight is 250 g/mol. The highest BCUT2D eigenvalue weighted by molar-refractivity contribution is 5.97. The summed E-state index contributed by atoms with van der Waals surface area (Å²) in [6.45, 7) is 1.42. The Kier molecular flexibility index (Phi) is 5.36. The standard InChI is InChI=1S/C14H18O4/c1-10(15)6-12(16)5-4-11-7-13(17-2)9-14(8-11)18-3/h7-9H,4-6H2,1-3H3. The van der Waals surface area contributed by atoms with E-state index in [0.717, 1.165) is 5.56 Å². The molecule has 0 amide bonds. The molecule has 1 rings (SSSR count). The predicted molar refractivity (Wildman–Crippen MR) is 68.2 cm³/mol. The lowest BCUT2D eigenvalue weighted by Gasteiger charge is -2.08. The maximum Gasteiger partial charge on any atom is 0.140 e. The van der Waals surface area contributed by atoms with Crippen LogP contribution in [-0.2, 0) is 16.0 Å². The number of carbonyl (C=O) groups is 2. The Bertz CT molecular complexity index is 415. The lowest BCUT2D eigenvalue weighted by atomic mass is 10.0. The zero-order chi connectivity index (χ0) is 13.5. The van der Waals surface area contributed by atoms with Crippen LogP contribution in [0.3, 0.4) is 0 Å². The average Bonchev–Trinajstić information content (AvgIpc) is 2.35. The number of Topliss-reactive ketones (excluding diaryl/α,β-unsaturated/α-hetero) is 2. The first kappa shape index (κ1) is 14.2. The zero-order valence-electron chi connectivity index (χ0n) is 11.0. The van der Waals surface area contributed by atoms with Gasteiger partial charge < -0.3 is 9.47 Å². The molecule has 0 spiro atoms. The van der Waals surface area contributed by atoms with E-state index in [4.69, 9.17) is 9.47 Å². The number of ether oxygens (including phenoxy) is 2. The summed E-state index contributed by atoms with van der Waals surface area (Å²) in [7, 11) is 3.17. The van der Waals surface area contributed by atoms with E-state index in [9.17, 15) is 9.59 Å². The fourth-order valence-corrected chi connectivity index (χ4v) is 1.66. The van der Waals surface area contributed by atoms with Crippen molar-refractivity contribution < 1.29 is 19.1 Å². The zero-order valence-corrected chi connectivity index (χ0v) is 11.0. The number of aryl methyl sites for hydroxylation is 1. The molecule has 0 atom stereocenters. The Balaban J connectivity index is 2.66. The molecule has 0 aromatic heterocycles. The van der Waals surface area contributed by atoms with Crippen LogP contribution in [-0.4, -0.2) is 25.8 Å². The first-order valence-electron chi connectivity index (χ1n) is 5.78. The largest absolute Gasteiger partial charge is 0.497 e. The van der Waals surface area contributed by atoms with E-state index in [-0.39, 0.29) is 18.0 Å². The molecule has 0 heterocycles. The second-order valence-corrected chi connectivity index (χ2v) is 4.14. The molecule has 0 aliphatic carbocycles. The monoisotopic (exact) mass is 250 g/mol. The topological polar surface area (TPSA) is 52.6 Å². The fraction of sp³-hybridized carbons (Fsp3) is 0.429. The molecule has 0 N–H and O–H groups in total. The summed E-state index contributed by atoms with van der Waals surface area (Å²) < 4.78 is 10.3. The number of hydrogen-bond donors (Lipinski definition) is 0. The highest BCUT2D eigenvalue weighted by Crippen LogP contribution is 2.23. The third-order valence-electron chi connectivity index (χ3n) is 2.55. The minimum atomic E-state index is -0.0942. The minimum absolute atomic E-state index is 0.0150. The van der Waals surface area contributed by atoms with Crippen LogP contribution in [0.1, 0.15) is 25.3 Å². The van der Waals surface area contributed by atoms with Crippen molar-refractivity contribution in [2.75, 3.05) is 14.2 Å². The van der Waals surface area contributed by atoms with Crippen LogP contribution >= 0.6 is 0 Å². The number of carbonyl (C=O) groups excluding carboxylic acids is 2. The van der Waals surface area contributed by atoms with E-state index >= 15 is 0 Å². The van der Waals surface area contributed by atoms with E-state index in [1.54, 1.807) is 20.3 Å². The van der Waals surface area contributed by atoms with Crippen LogP contribution in [0, 0.1) is 0 Å². The SMILES string of the molecule is COc1cc(CCC(=O)CC(C)=O)cc(OC)c1. The van der Waals surface area contributed by atoms with Gasteiger partial charge in [0.1, 0.15) is 23.1 Å². The van der Waals surface area contributed by atoms with Gasteiger partial charge in [0.2, 0.25) is 0 Å². The molecule has 1 aromatic rings. The van der Waals surface area contributed by atoms with Crippen molar-refractivity contribution in [3.05, 3.63) is 23.8 Å². The van der Waals surface area contributed by atoms with Crippen molar-refractivity contribution in [1.29, 1.82) is 0 Å². The number of methoxy groups -OCH3 is 2. The van der Waals surface area contributed by atoms with Crippen molar-refractivity contribution in [3.63, 3.8) is 0 Å². The van der Waals surface area contributed by atoms with Crippen LogP contribution in [0.5, 0.6) is 11.5 Å². The van der Waals surface area contributed by atoms with Crippen molar-refractivity contribution in [1.82, 2.24) is 0 Å². The molecule has 0 unspecified atom stereocenters. The first-order chi connectivity index (χ1) is 8.55. The van der Waals surface area contributed by atoms with Gasteiger partial charge in [-0.25, -0.2) is 0 Å². The van der Waals surface area contributed by atoms with Gasteiger partial charge in [-0.15, -0.1) is 0 Å². The summed E-state index contributed by atoms with van der Waals surface area (Å²) in [6, 6.07) is 5.51. The molecule has 0 saturated carbocycles. The number of rotatable bonds is 7. The van der Waals surface area contributed by atoms with Gasteiger partial charge in [0, 0.05) is 12.5 Å². The van der Waals surface area contributed by atoms with E-state index in [1.165, 1.54) is 6.92 Å². The maximum absolute atomic E-state index is 11.5. The van der Waals surface area contributed by atoms with Crippen molar-refractivity contribution >= 4 is 11.6 Å². The summed E-state index contributed by atoms with van der Waals surface area (Å²) in [5, 5.41) is 0. The highest BCUT2D eigenvalue weighted by Gasteiger charge is 2.07. The lowest BCUT2D eigenvalue weighted by molar-refractivity contribution is -0.125. The number of ketones is 2. The second-order valence-electron chi connectivity index (χ2n) is 4.14. The minimum Gasteiger partial charge on any atom is -0.497 e. The van der Waals surface area contributed by atoms with Crippen LogP contribution < -0.4 is 9.47 Å². The van der Waals surface area contributed by atoms with Crippen molar-refractivity contribution in [3.8, 4) is 11.5 Å². The molecule has 0 saturated heterocycles. The van der Waals surface area contributed by atoms with Gasteiger partial charge in [0.25, 0.3) is 0 Å². The predicted octanol–water partition coefficient (Wildman–Crippen LogP) is 2.18. The quantitative estimate of drug-likeness (QED) is 0.696. The van der Waals surface area contributed by atoms with Gasteiger partial charge in [-0.05, 0) is 31.0 Å². The van der Waals surface area contributed by atoms with Crippen molar-refractivity contribution in [2.45, 2.75) is 26.2 Å². The molecular formula is C14H18O4. The Hall–Kier alpha value is -1.84. The van der Waals surface area contributed by atoms with E-state index in [2.05, 4.69) is 0 Å². The highest BCUT2D eigenvalue weighted by atomic mass is 16.5. The molecule has 0 fully saturated rings. The van der Waals surface area contributed by atoms with Crippen molar-refractivity contribution in [2.24, 2.45) is 0 Å². The molecule has 1 aromatic carbocycles. The summed E-state index contributed by atoms with van der Waals surface area (Å²) in [5.74, 6) is 1.26. The molecule has 18 heavy (non-hydrogen) atoms. The van der Waals surface area contributed by atoms with Crippen LogP contribution in [0.4, 0.5) is 0 Å². The van der Waals surface area contributed by atoms with E-state index in [1.807, 2.05) is 12.1 Å². The molecule has 4 nitrogen and oxygen atoms in total. The van der Waals surface area contributed by atoms with Gasteiger partial charge in [-0.1, -0.05) is 0 Å². The fourth-order valence-electron chi connectivity index (χ4n) is 1.66. The molecule has 98 valence electrons. The van der Waals surface area contributed by atoms with Gasteiger partial charge in [-0.2, -0.15) is 0 Å². The van der Waals surface area contributed by atoms with E-state index < -0.39 is 0 Å². The Morgan fingerprint density at radius 2 is 1.61 bits per heavy atom. The third kappa shape index (κ3) is 4.57. The van der Waals surface area contributed by atoms with Crippen LogP contribution in [0.15, 0.2) is 18.2 Å². The van der Waals surface area contributed by atoms with Crippen LogP contribution in [0.25, 0.3) is 0 Å². The summed E-state index contributed by atoms with van der Waals surface area (Å²) >= 11 is 0. The third-order valence-corrected chi connectivity index (χ3v) is 2.55. The normalized spacial score (nSPS) is 9.94. The summed E-state index contributed by atoms with van der Waals surface area (Å²) in [6.07, 6.45) is 0.955. The Morgan fingerprint density at radius 3 is 2.06 bits per heavy atom. The van der Waals surface area contributed by atoms with Gasteiger partial charge in [0.05, 0.1) is 20.6 Å². The molecule has 0 radical (unpaired) electrons. The summed E-state index contributed by atoms with van der Waals surface area (Å²) in [4.78, 5) is 22.3. The second kappa shape index (κ2) is 6.79.